The molecule has 0 aliphatic carbocycles. The number of hydrogen-bond acceptors (Lipinski definition) is 7. The Labute approximate surface area is 176 Å². The molecule has 1 N–H and O–H groups in total. The van der Waals surface area contributed by atoms with Crippen LogP contribution in [0.4, 0.5) is 10.1 Å². The zero-order valence-corrected chi connectivity index (χ0v) is 17.3. The highest BCUT2D eigenvalue weighted by molar-refractivity contribution is 7.13. The maximum Gasteiger partial charge on any atom is 0.286 e. The predicted molar refractivity (Wildman–Crippen MR) is 112 cm³/mol. The van der Waals surface area contributed by atoms with E-state index >= 15 is 0 Å². The van der Waals surface area contributed by atoms with Crippen LogP contribution in [0.1, 0.15) is 32.5 Å². The van der Waals surface area contributed by atoms with Gasteiger partial charge in [-0.3, -0.25) is 9.69 Å². The van der Waals surface area contributed by atoms with Gasteiger partial charge in [-0.05, 0) is 48.6 Å². The molecule has 0 spiro atoms. The van der Waals surface area contributed by atoms with Gasteiger partial charge in [-0.25, -0.2) is 4.39 Å². The van der Waals surface area contributed by atoms with Crippen LogP contribution in [0, 0.1) is 5.82 Å². The predicted octanol–water partition coefficient (Wildman–Crippen LogP) is 4.17. The van der Waals surface area contributed by atoms with Gasteiger partial charge in [-0.15, -0.1) is 21.5 Å². The Morgan fingerprint density at radius 3 is 2.83 bits per heavy atom. The number of rotatable bonds is 8. The van der Waals surface area contributed by atoms with E-state index in [4.69, 9.17) is 4.74 Å². The molecule has 152 valence electrons. The second-order valence-electron chi connectivity index (χ2n) is 6.85. The molecule has 2 aromatic heterocycles. The molecule has 1 aliphatic rings. The highest BCUT2D eigenvalue weighted by Crippen LogP contribution is 2.21. The van der Waals surface area contributed by atoms with Gasteiger partial charge in [0.2, 0.25) is 5.01 Å². The summed E-state index contributed by atoms with van der Waals surface area (Å²) in [4.78, 5) is 16.0. The number of benzene rings is 1. The van der Waals surface area contributed by atoms with E-state index in [1.54, 1.807) is 11.3 Å². The number of hydrogen-bond donors (Lipinski definition) is 1. The molecule has 29 heavy (non-hydrogen) atoms. The fraction of sp³-hybridized carbons (Fsp3) is 0.350. The van der Waals surface area contributed by atoms with Crippen molar-refractivity contribution in [3.63, 3.8) is 0 Å². The van der Waals surface area contributed by atoms with Gasteiger partial charge in [0, 0.05) is 30.3 Å². The van der Waals surface area contributed by atoms with E-state index in [0.29, 0.717) is 12.2 Å². The van der Waals surface area contributed by atoms with Gasteiger partial charge >= 0.3 is 0 Å². The van der Waals surface area contributed by atoms with Crippen molar-refractivity contribution >= 4 is 34.3 Å². The van der Waals surface area contributed by atoms with E-state index in [9.17, 15) is 9.18 Å². The first-order valence-corrected chi connectivity index (χ1v) is 11.1. The lowest BCUT2D eigenvalue weighted by atomic mass is 10.2. The van der Waals surface area contributed by atoms with Crippen molar-refractivity contribution in [2.24, 2.45) is 0 Å². The van der Waals surface area contributed by atoms with E-state index < -0.39 is 0 Å². The normalized spacial score (nSPS) is 16.4. The van der Waals surface area contributed by atoms with Crippen LogP contribution < -0.4 is 5.32 Å². The van der Waals surface area contributed by atoms with Gasteiger partial charge < -0.3 is 10.1 Å². The minimum atomic E-state index is -0.349. The summed E-state index contributed by atoms with van der Waals surface area (Å²) in [6.45, 7) is 3.08. The molecule has 0 bridgehead atoms. The first-order valence-electron chi connectivity index (χ1n) is 9.41. The zero-order chi connectivity index (χ0) is 20.1. The highest BCUT2D eigenvalue weighted by Gasteiger charge is 2.22. The number of carbonyl (C=O) groups is 1. The van der Waals surface area contributed by atoms with Crippen LogP contribution in [0.3, 0.4) is 0 Å². The average Bonchev–Trinajstić information content (AvgIpc) is 3.47. The SMILES string of the molecule is O=C(Nc1ccc(F)cc1)c1nnc(CN(Cc2cccs2)CC2CCCO2)s1. The van der Waals surface area contributed by atoms with Crippen molar-refractivity contribution < 1.29 is 13.9 Å². The van der Waals surface area contributed by atoms with E-state index in [1.165, 1.54) is 40.5 Å². The third kappa shape index (κ3) is 5.66. The van der Waals surface area contributed by atoms with Gasteiger partial charge in [-0.1, -0.05) is 17.4 Å². The standard InChI is InChI=1S/C20H21FN4O2S2/c21-14-5-7-15(8-6-14)22-19(26)20-24-23-18(29-20)13-25(11-16-3-1-9-27-16)12-17-4-2-10-28-17/h2,4-8,10,16H,1,3,9,11-13H2,(H,22,26). The summed E-state index contributed by atoms with van der Waals surface area (Å²) in [5.41, 5.74) is 0.519. The summed E-state index contributed by atoms with van der Waals surface area (Å²) in [6, 6.07) is 9.80. The van der Waals surface area contributed by atoms with Gasteiger partial charge in [0.15, 0.2) is 0 Å². The molecule has 1 fully saturated rings. The van der Waals surface area contributed by atoms with Gasteiger partial charge in [0.1, 0.15) is 10.8 Å². The highest BCUT2D eigenvalue weighted by atomic mass is 32.1. The topological polar surface area (TPSA) is 67.4 Å². The molecule has 3 heterocycles. The van der Waals surface area contributed by atoms with Crippen molar-refractivity contribution in [3.8, 4) is 0 Å². The Kier molecular flexibility index (Phi) is 6.60. The third-order valence-electron chi connectivity index (χ3n) is 4.57. The van der Waals surface area contributed by atoms with E-state index in [2.05, 4.69) is 31.9 Å². The Balaban J connectivity index is 1.40. The number of ether oxygens (including phenoxy) is 1. The molecule has 1 atom stereocenters. The molecular weight excluding hydrogens is 411 g/mol. The molecular formula is C20H21FN4O2S2. The van der Waals surface area contributed by atoms with Crippen LogP contribution in [0.15, 0.2) is 41.8 Å². The Morgan fingerprint density at radius 2 is 2.10 bits per heavy atom. The molecule has 1 saturated heterocycles. The summed E-state index contributed by atoms with van der Waals surface area (Å²) in [5, 5.41) is 14.1. The van der Waals surface area contributed by atoms with Crippen LogP contribution in [-0.4, -0.2) is 40.3 Å². The van der Waals surface area contributed by atoms with Crippen LogP contribution >= 0.6 is 22.7 Å². The molecule has 3 aromatic rings. The summed E-state index contributed by atoms with van der Waals surface area (Å²) in [6.07, 6.45) is 2.41. The molecule has 6 nitrogen and oxygen atoms in total. The lowest BCUT2D eigenvalue weighted by Gasteiger charge is -2.23. The van der Waals surface area contributed by atoms with Crippen molar-refractivity contribution in [1.82, 2.24) is 15.1 Å². The molecule has 1 unspecified atom stereocenters. The maximum absolute atomic E-state index is 13.0. The van der Waals surface area contributed by atoms with Crippen molar-refractivity contribution in [2.75, 3.05) is 18.5 Å². The largest absolute Gasteiger partial charge is 0.377 e. The quantitative estimate of drug-likeness (QED) is 0.579. The fourth-order valence-electron chi connectivity index (χ4n) is 3.20. The van der Waals surface area contributed by atoms with Gasteiger partial charge in [-0.2, -0.15) is 0 Å². The molecule has 4 rings (SSSR count). The first kappa shape index (κ1) is 20.1. The molecule has 0 radical (unpaired) electrons. The van der Waals surface area contributed by atoms with E-state index in [0.717, 1.165) is 37.5 Å². The smallest absolute Gasteiger partial charge is 0.286 e. The summed E-state index contributed by atoms with van der Waals surface area (Å²) in [7, 11) is 0. The number of nitrogens with zero attached hydrogens (tertiary/aromatic N) is 3. The molecule has 1 aromatic carbocycles. The molecule has 0 saturated carbocycles. The summed E-state index contributed by atoms with van der Waals surface area (Å²) >= 11 is 3.00. The second kappa shape index (κ2) is 9.53. The van der Waals surface area contributed by atoms with Crippen LogP contribution in [0.2, 0.25) is 0 Å². The number of amides is 1. The van der Waals surface area contributed by atoms with Crippen molar-refractivity contribution in [2.45, 2.75) is 32.0 Å². The number of thiophene rings is 1. The van der Waals surface area contributed by atoms with Crippen LogP contribution in [-0.2, 0) is 17.8 Å². The van der Waals surface area contributed by atoms with Gasteiger partial charge in [0.25, 0.3) is 5.91 Å². The minimum absolute atomic E-state index is 0.240. The third-order valence-corrected chi connectivity index (χ3v) is 6.34. The lowest BCUT2D eigenvalue weighted by Crippen LogP contribution is -2.31. The van der Waals surface area contributed by atoms with E-state index in [1.807, 2.05) is 6.07 Å². The summed E-state index contributed by atoms with van der Waals surface area (Å²) < 4.78 is 18.8. The monoisotopic (exact) mass is 432 g/mol. The lowest BCUT2D eigenvalue weighted by molar-refractivity contribution is 0.0681. The van der Waals surface area contributed by atoms with Crippen LogP contribution in [0.5, 0.6) is 0 Å². The number of carbonyl (C=O) groups excluding carboxylic acids is 1. The average molecular weight is 433 g/mol. The number of halogens is 1. The van der Waals surface area contributed by atoms with E-state index in [-0.39, 0.29) is 22.8 Å². The maximum atomic E-state index is 13.0. The van der Waals surface area contributed by atoms with Crippen molar-refractivity contribution in [3.05, 3.63) is 62.5 Å². The first-order chi connectivity index (χ1) is 14.2. The number of aromatic nitrogens is 2. The van der Waals surface area contributed by atoms with Crippen molar-refractivity contribution in [1.29, 1.82) is 0 Å². The summed E-state index contributed by atoms with van der Waals surface area (Å²) in [5.74, 6) is -0.692. The second-order valence-corrected chi connectivity index (χ2v) is 8.94. The number of nitrogens with one attached hydrogen (secondary N) is 1. The number of anilines is 1. The minimum Gasteiger partial charge on any atom is -0.377 e. The molecule has 9 heteroatoms. The molecule has 1 aliphatic heterocycles. The Morgan fingerprint density at radius 1 is 1.24 bits per heavy atom. The van der Waals surface area contributed by atoms with Crippen LogP contribution in [0.25, 0.3) is 0 Å². The van der Waals surface area contributed by atoms with Gasteiger partial charge in [0.05, 0.1) is 12.6 Å². The Bertz CT molecular complexity index is 924. The zero-order valence-electron chi connectivity index (χ0n) is 15.7. The molecule has 1 amide bonds. The Hall–Kier alpha value is -2.20. The fourth-order valence-corrected chi connectivity index (χ4v) is 4.73.